The Morgan fingerprint density at radius 2 is 2.22 bits per heavy atom. The average Bonchev–Trinajstić information content (AvgIpc) is 2.34. The van der Waals surface area contributed by atoms with Crippen LogP contribution in [0.2, 0.25) is 0 Å². The lowest BCUT2D eigenvalue weighted by Gasteiger charge is -2.21. The topological polar surface area (TPSA) is 69.6 Å². The van der Waals surface area contributed by atoms with E-state index in [0.717, 1.165) is 0 Å². The first-order valence-corrected chi connectivity index (χ1v) is 7.79. The number of carbonyl (C=O) groups excluding carboxylic acids is 1. The van der Waals surface area contributed by atoms with Crippen molar-refractivity contribution < 1.29 is 15.0 Å². The minimum atomic E-state index is -0.248. The summed E-state index contributed by atoms with van der Waals surface area (Å²) in [7, 11) is 0. The second-order valence-electron chi connectivity index (χ2n) is 3.89. The molecule has 0 fully saturated rings. The molecule has 0 saturated carbocycles. The molecular weight excluding hydrogens is 365 g/mol. The van der Waals surface area contributed by atoms with Crippen LogP contribution >= 0.6 is 34.4 Å². The number of aromatic hydroxyl groups is 1. The Labute approximate surface area is 124 Å². The van der Waals surface area contributed by atoms with Gasteiger partial charge < -0.3 is 15.5 Å². The number of rotatable bonds is 5. The van der Waals surface area contributed by atoms with Gasteiger partial charge in [0.1, 0.15) is 5.75 Å². The van der Waals surface area contributed by atoms with Gasteiger partial charge in [-0.05, 0) is 54.0 Å². The average molecular weight is 381 g/mol. The summed E-state index contributed by atoms with van der Waals surface area (Å²) >= 11 is 3.50. The molecule has 4 nitrogen and oxygen atoms in total. The number of hydrogen-bond acceptors (Lipinski definition) is 4. The third kappa shape index (κ3) is 4.03. The van der Waals surface area contributed by atoms with Crippen LogP contribution in [0.5, 0.6) is 5.75 Å². The van der Waals surface area contributed by atoms with Crippen LogP contribution in [-0.2, 0) is 0 Å². The number of aliphatic hydroxyl groups is 1. The van der Waals surface area contributed by atoms with E-state index >= 15 is 0 Å². The zero-order valence-electron chi connectivity index (χ0n) is 10.2. The highest BCUT2D eigenvalue weighted by molar-refractivity contribution is 14.1. The molecule has 18 heavy (non-hydrogen) atoms. The van der Waals surface area contributed by atoms with Crippen molar-refractivity contribution in [1.29, 1.82) is 0 Å². The Balaban J connectivity index is 2.73. The number of carbonyl (C=O) groups is 1. The molecule has 3 N–H and O–H groups in total. The molecule has 0 bridgehead atoms. The van der Waals surface area contributed by atoms with Crippen molar-refractivity contribution in [2.45, 2.75) is 18.2 Å². The summed E-state index contributed by atoms with van der Waals surface area (Å²) in [6, 6.07) is 4.65. The van der Waals surface area contributed by atoms with E-state index in [2.05, 4.69) is 5.32 Å². The summed E-state index contributed by atoms with van der Waals surface area (Å²) in [5.41, 5.74) is 0.414. The van der Waals surface area contributed by atoms with Gasteiger partial charge in [-0.1, -0.05) is 0 Å². The van der Waals surface area contributed by atoms with Gasteiger partial charge in [0.25, 0.3) is 5.91 Å². The maximum atomic E-state index is 11.9. The minimum absolute atomic E-state index is 0.0144. The van der Waals surface area contributed by atoms with Gasteiger partial charge in [-0.15, -0.1) is 0 Å². The van der Waals surface area contributed by atoms with Crippen molar-refractivity contribution in [2.75, 3.05) is 12.9 Å². The van der Waals surface area contributed by atoms with Crippen molar-refractivity contribution in [3.05, 3.63) is 27.3 Å². The molecule has 100 valence electrons. The van der Waals surface area contributed by atoms with E-state index in [1.807, 2.05) is 35.8 Å². The standard InChI is InChI=1S/C12H16INO3S/c1-7(11(6-15)18-2)14-12(17)8-3-4-9(13)10(16)5-8/h3-5,7,11,15-16H,6H2,1-2H3,(H,14,17). The molecule has 2 atom stereocenters. The van der Waals surface area contributed by atoms with Crippen LogP contribution in [0, 0.1) is 3.57 Å². The Bertz CT molecular complexity index is 424. The number of benzene rings is 1. The summed E-state index contributed by atoms with van der Waals surface area (Å²) < 4.78 is 0.703. The Hall–Kier alpha value is -0.470. The van der Waals surface area contributed by atoms with Crippen LogP contribution in [0.25, 0.3) is 0 Å². The highest BCUT2D eigenvalue weighted by atomic mass is 127. The first kappa shape index (κ1) is 15.6. The van der Waals surface area contributed by atoms with Gasteiger partial charge in [0.2, 0.25) is 0 Å². The Morgan fingerprint density at radius 1 is 1.56 bits per heavy atom. The summed E-state index contributed by atoms with van der Waals surface area (Å²) in [4.78, 5) is 11.9. The molecule has 0 aliphatic carbocycles. The lowest BCUT2D eigenvalue weighted by molar-refractivity contribution is 0.0935. The zero-order valence-corrected chi connectivity index (χ0v) is 13.2. The van der Waals surface area contributed by atoms with E-state index in [1.54, 1.807) is 12.1 Å². The Morgan fingerprint density at radius 3 is 2.72 bits per heavy atom. The lowest BCUT2D eigenvalue weighted by atomic mass is 10.1. The smallest absolute Gasteiger partial charge is 0.251 e. The predicted octanol–water partition coefficient (Wildman–Crippen LogP) is 1.84. The summed E-state index contributed by atoms with van der Waals surface area (Å²) in [5, 5.41) is 21.5. The number of thioether (sulfide) groups is 1. The molecule has 0 radical (unpaired) electrons. The number of halogens is 1. The van der Waals surface area contributed by atoms with Gasteiger partial charge in [-0.25, -0.2) is 0 Å². The summed E-state index contributed by atoms with van der Waals surface area (Å²) in [6.45, 7) is 1.86. The molecule has 6 heteroatoms. The molecule has 0 aliphatic rings. The highest BCUT2D eigenvalue weighted by Crippen LogP contribution is 2.20. The first-order chi connectivity index (χ1) is 8.49. The highest BCUT2D eigenvalue weighted by Gasteiger charge is 2.18. The molecule has 0 aliphatic heterocycles. The molecule has 2 unspecified atom stereocenters. The zero-order chi connectivity index (χ0) is 13.7. The van der Waals surface area contributed by atoms with Gasteiger partial charge in [-0.3, -0.25) is 4.79 Å². The molecule has 1 rings (SSSR count). The van der Waals surface area contributed by atoms with Crippen molar-refractivity contribution in [2.24, 2.45) is 0 Å². The van der Waals surface area contributed by atoms with Crippen LogP contribution in [0.3, 0.4) is 0 Å². The van der Waals surface area contributed by atoms with Crippen LogP contribution in [0.15, 0.2) is 18.2 Å². The number of aliphatic hydroxyl groups excluding tert-OH is 1. The monoisotopic (exact) mass is 381 g/mol. The van der Waals surface area contributed by atoms with E-state index in [9.17, 15) is 9.90 Å². The number of nitrogens with one attached hydrogen (secondary N) is 1. The van der Waals surface area contributed by atoms with Crippen molar-refractivity contribution in [1.82, 2.24) is 5.32 Å². The Kier molecular flexibility index (Phi) is 6.24. The fourth-order valence-corrected chi connectivity index (χ4v) is 2.43. The van der Waals surface area contributed by atoms with E-state index in [-0.39, 0.29) is 29.6 Å². The van der Waals surface area contributed by atoms with Gasteiger partial charge >= 0.3 is 0 Å². The third-order valence-corrected chi connectivity index (χ3v) is 4.68. The van der Waals surface area contributed by atoms with Crippen LogP contribution in [0.1, 0.15) is 17.3 Å². The van der Waals surface area contributed by atoms with Crippen molar-refractivity contribution in [3.63, 3.8) is 0 Å². The van der Waals surface area contributed by atoms with Gasteiger partial charge in [0.05, 0.1) is 10.2 Å². The largest absolute Gasteiger partial charge is 0.507 e. The molecule has 1 amide bonds. The number of phenolic OH excluding ortho intramolecular Hbond substituents is 1. The number of amides is 1. The quantitative estimate of drug-likeness (QED) is 0.681. The van der Waals surface area contributed by atoms with Crippen molar-refractivity contribution >= 4 is 40.3 Å². The molecule has 0 saturated heterocycles. The van der Waals surface area contributed by atoms with Gasteiger partial charge in [-0.2, -0.15) is 11.8 Å². The molecule has 0 aromatic heterocycles. The SMILES string of the molecule is CSC(CO)C(C)NC(=O)c1ccc(I)c(O)c1. The molecule has 0 spiro atoms. The van der Waals surface area contributed by atoms with Crippen LogP contribution in [-0.4, -0.2) is 40.3 Å². The van der Waals surface area contributed by atoms with Crippen LogP contribution in [0.4, 0.5) is 0 Å². The second kappa shape index (κ2) is 7.20. The molecule has 1 aromatic rings. The number of phenols is 1. The van der Waals surface area contributed by atoms with Crippen molar-refractivity contribution in [3.8, 4) is 5.75 Å². The normalized spacial score (nSPS) is 14.0. The summed E-state index contributed by atoms with van der Waals surface area (Å²) in [5.74, 6) is -0.152. The van der Waals surface area contributed by atoms with Crippen LogP contribution < -0.4 is 5.32 Å². The van der Waals surface area contributed by atoms with E-state index in [4.69, 9.17) is 5.11 Å². The lowest BCUT2D eigenvalue weighted by Crippen LogP contribution is -2.41. The molecule has 1 aromatic carbocycles. The fraction of sp³-hybridized carbons (Fsp3) is 0.417. The molecular formula is C12H16INO3S. The minimum Gasteiger partial charge on any atom is -0.507 e. The van der Waals surface area contributed by atoms with Gasteiger partial charge in [0.15, 0.2) is 0 Å². The van der Waals surface area contributed by atoms with E-state index < -0.39 is 0 Å². The predicted molar refractivity (Wildman–Crippen MR) is 82.1 cm³/mol. The number of hydrogen-bond donors (Lipinski definition) is 3. The maximum Gasteiger partial charge on any atom is 0.251 e. The van der Waals surface area contributed by atoms with E-state index in [0.29, 0.717) is 9.13 Å². The second-order valence-corrected chi connectivity index (χ2v) is 6.12. The molecule has 0 heterocycles. The first-order valence-electron chi connectivity index (χ1n) is 5.42. The third-order valence-electron chi connectivity index (χ3n) is 2.61. The van der Waals surface area contributed by atoms with Gasteiger partial charge in [0, 0.05) is 16.9 Å². The van der Waals surface area contributed by atoms with E-state index in [1.165, 1.54) is 17.8 Å². The summed E-state index contributed by atoms with van der Waals surface area (Å²) in [6.07, 6.45) is 1.89. The fourth-order valence-electron chi connectivity index (χ4n) is 1.47. The maximum absolute atomic E-state index is 11.9.